The van der Waals surface area contributed by atoms with Crippen molar-refractivity contribution in [1.29, 1.82) is 0 Å². The number of amides is 3. The Balaban J connectivity index is 1.73. The third-order valence-corrected chi connectivity index (χ3v) is 4.21. The zero-order valence-corrected chi connectivity index (χ0v) is 16.1. The summed E-state index contributed by atoms with van der Waals surface area (Å²) in [5.74, 6) is -1.35. The van der Waals surface area contributed by atoms with Crippen LogP contribution in [0.15, 0.2) is 60.7 Å². The molecule has 0 radical (unpaired) electrons. The first-order valence-electron chi connectivity index (χ1n) is 9.14. The number of hydrogen-bond donors (Lipinski definition) is 1. The first-order chi connectivity index (χ1) is 14.5. The lowest BCUT2D eigenvalue weighted by molar-refractivity contribution is -0.167. The van der Waals surface area contributed by atoms with E-state index in [1.54, 1.807) is 60.7 Å². The number of nitrogens with one attached hydrogen (secondary N) is 1. The molecule has 0 aliphatic carbocycles. The van der Waals surface area contributed by atoms with Crippen molar-refractivity contribution in [3.05, 3.63) is 71.8 Å². The number of hydrogen-bond acceptors (Lipinski definition) is 7. The first kappa shape index (κ1) is 20.8. The molecule has 0 saturated carbocycles. The maximum Gasteiger partial charge on any atom is 0.420 e. The second-order valence-electron chi connectivity index (χ2n) is 6.43. The van der Waals surface area contributed by atoms with Crippen LogP contribution in [0.2, 0.25) is 0 Å². The normalized spacial score (nSPS) is 17.2. The lowest BCUT2D eigenvalue weighted by Crippen LogP contribution is -2.72. The SMILES string of the molecule is CC(=O)O[C@@H]1NC(=O)[C@H]1N(C(=O)OCc1ccccc1)C(=O)OCc1ccccc1. The molecule has 1 fully saturated rings. The standard InChI is InChI=1S/C21H20N2O7/c1-14(24)30-19-17(18(25)22-19)23(20(26)28-12-15-8-4-2-5-9-15)21(27)29-13-16-10-6-3-7-11-16/h2-11,17,19H,12-13H2,1H3,(H,22,25)/t17-,19+/m1/s1. The molecule has 3 amide bonds. The Morgan fingerprint density at radius 3 is 1.73 bits per heavy atom. The Labute approximate surface area is 172 Å². The minimum atomic E-state index is -1.39. The molecule has 156 valence electrons. The van der Waals surface area contributed by atoms with Gasteiger partial charge in [-0.05, 0) is 11.1 Å². The smallest absolute Gasteiger partial charge is 0.420 e. The number of nitrogens with zero attached hydrogens (tertiary/aromatic N) is 1. The molecule has 9 nitrogen and oxygen atoms in total. The van der Waals surface area contributed by atoms with E-state index in [0.29, 0.717) is 16.0 Å². The Morgan fingerprint density at radius 1 is 0.867 bits per heavy atom. The summed E-state index contributed by atoms with van der Waals surface area (Å²) in [5.41, 5.74) is 1.39. The molecule has 1 heterocycles. The summed E-state index contributed by atoms with van der Waals surface area (Å²) in [6.07, 6.45) is -3.36. The summed E-state index contributed by atoms with van der Waals surface area (Å²) < 4.78 is 15.3. The topological polar surface area (TPSA) is 111 Å². The summed E-state index contributed by atoms with van der Waals surface area (Å²) in [7, 11) is 0. The Kier molecular flexibility index (Phi) is 6.63. The maximum absolute atomic E-state index is 12.7. The fourth-order valence-corrected chi connectivity index (χ4v) is 2.75. The molecule has 30 heavy (non-hydrogen) atoms. The van der Waals surface area contributed by atoms with Gasteiger partial charge in [0.2, 0.25) is 6.23 Å². The summed E-state index contributed by atoms with van der Waals surface area (Å²) in [6.45, 7) is 0.913. The molecule has 2 aromatic rings. The van der Waals surface area contributed by atoms with Crippen molar-refractivity contribution in [3.63, 3.8) is 0 Å². The predicted molar refractivity (Wildman–Crippen MR) is 103 cm³/mol. The Morgan fingerprint density at radius 2 is 1.33 bits per heavy atom. The highest BCUT2D eigenvalue weighted by molar-refractivity contribution is 5.99. The zero-order valence-electron chi connectivity index (χ0n) is 16.1. The molecule has 1 aliphatic rings. The molecule has 3 rings (SSSR count). The molecule has 1 saturated heterocycles. The van der Waals surface area contributed by atoms with Crippen LogP contribution in [0.4, 0.5) is 9.59 Å². The fourth-order valence-electron chi connectivity index (χ4n) is 2.75. The van der Waals surface area contributed by atoms with Crippen molar-refractivity contribution in [2.24, 2.45) is 0 Å². The van der Waals surface area contributed by atoms with Gasteiger partial charge in [-0.2, -0.15) is 4.90 Å². The van der Waals surface area contributed by atoms with Gasteiger partial charge >= 0.3 is 18.2 Å². The summed E-state index contributed by atoms with van der Waals surface area (Å²) in [5, 5.41) is 2.32. The number of imide groups is 1. The molecule has 0 bridgehead atoms. The molecule has 0 unspecified atom stereocenters. The molecule has 1 aliphatic heterocycles. The number of carbonyl (C=O) groups is 4. The van der Waals surface area contributed by atoms with Crippen LogP contribution in [-0.4, -0.2) is 41.2 Å². The van der Waals surface area contributed by atoms with E-state index in [4.69, 9.17) is 14.2 Å². The van der Waals surface area contributed by atoms with E-state index in [0.717, 1.165) is 6.92 Å². The lowest BCUT2D eigenvalue weighted by Gasteiger charge is -2.39. The molecular weight excluding hydrogens is 392 g/mol. The van der Waals surface area contributed by atoms with Crippen molar-refractivity contribution in [2.75, 3.05) is 0 Å². The average Bonchev–Trinajstić information content (AvgIpc) is 2.75. The van der Waals surface area contributed by atoms with Gasteiger partial charge in [0.15, 0.2) is 6.04 Å². The molecule has 1 N–H and O–H groups in total. The van der Waals surface area contributed by atoms with Gasteiger partial charge in [-0.1, -0.05) is 60.7 Å². The fraction of sp³-hybridized carbons (Fsp3) is 0.238. The van der Waals surface area contributed by atoms with Gasteiger partial charge in [-0.3, -0.25) is 9.59 Å². The van der Waals surface area contributed by atoms with E-state index in [-0.39, 0.29) is 13.2 Å². The Bertz CT molecular complexity index is 862. The molecule has 2 aromatic carbocycles. The van der Waals surface area contributed by atoms with E-state index in [2.05, 4.69) is 5.32 Å². The molecule has 0 spiro atoms. The van der Waals surface area contributed by atoms with Gasteiger partial charge in [0.1, 0.15) is 13.2 Å². The second kappa shape index (κ2) is 9.55. The first-order valence-corrected chi connectivity index (χ1v) is 9.14. The summed E-state index contributed by atoms with van der Waals surface area (Å²) in [6, 6.07) is 16.3. The molecular formula is C21H20N2O7. The largest absolute Gasteiger partial charge is 0.444 e. The predicted octanol–water partition coefficient (Wildman–Crippen LogP) is 2.35. The highest BCUT2D eigenvalue weighted by atomic mass is 16.6. The van der Waals surface area contributed by atoms with E-state index >= 15 is 0 Å². The average molecular weight is 412 g/mol. The van der Waals surface area contributed by atoms with Crippen molar-refractivity contribution >= 4 is 24.1 Å². The van der Waals surface area contributed by atoms with Crippen LogP contribution in [-0.2, 0) is 37.0 Å². The maximum atomic E-state index is 12.7. The number of esters is 1. The van der Waals surface area contributed by atoms with E-state index in [1.165, 1.54) is 0 Å². The molecule has 0 aromatic heterocycles. The number of rotatable bonds is 6. The van der Waals surface area contributed by atoms with Crippen molar-refractivity contribution in [1.82, 2.24) is 10.2 Å². The third-order valence-electron chi connectivity index (χ3n) is 4.21. The zero-order chi connectivity index (χ0) is 21.5. The van der Waals surface area contributed by atoms with Crippen LogP contribution >= 0.6 is 0 Å². The van der Waals surface area contributed by atoms with Gasteiger partial charge in [0, 0.05) is 6.92 Å². The van der Waals surface area contributed by atoms with Crippen LogP contribution < -0.4 is 5.32 Å². The molecule has 2 atom stereocenters. The highest BCUT2D eigenvalue weighted by Crippen LogP contribution is 2.20. The van der Waals surface area contributed by atoms with Gasteiger partial charge in [-0.25, -0.2) is 9.59 Å². The quantitative estimate of drug-likeness (QED) is 0.440. The Hall–Kier alpha value is -3.88. The summed E-state index contributed by atoms with van der Waals surface area (Å²) in [4.78, 5) is 49.2. The minimum absolute atomic E-state index is 0.116. The minimum Gasteiger partial charge on any atom is -0.444 e. The monoisotopic (exact) mass is 412 g/mol. The van der Waals surface area contributed by atoms with E-state index < -0.39 is 36.3 Å². The number of β-lactam (4-membered cyclic amide) rings is 1. The van der Waals surface area contributed by atoms with Gasteiger partial charge in [0.05, 0.1) is 0 Å². The third kappa shape index (κ3) is 5.13. The van der Waals surface area contributed by atoms with Crippen LogP contribution in [0.5, 0.6) is 0 Å². The van der Waals surface area contributed by atoms with Crippen LogP contribution in [0.3, 0.4) is 0 Å². The van der Waals surface area contributed by atoms with Gasteiger partial charge in [0.25, 0.3) is 5.91 Å². The van der Waals surface area contributed by atoms with Crippen LogP contribution in [0.25, 0.3) is 0 Å². The second-order valence-corrected chi connectivity index (χ2v) is 6.43. The van der Waals surface area contributed by atoms with Crippen LogP contribution in [0, 0.1) is 0 Å². The van der Waals surface area contributed by atoms with Crippen molar-refractivity contribution in [3.8, 4) is 0 Å². The van der Waals surface area contributed by atoms with Crippen molar-refractivity contribution < 1.29 is 33.4 Å². The number of ether oxygens (including phenoxy) is 3. The van der Waals surface area contributed by atoms with Gasteiger partial charge in [-0.15, -0.1) is 0 Å². The number of benzene rings is 2. The van der Waals surface area contributed by atoms with E-state index in [1.807, 2.05) is 0 Å². The van der Waals surface area contributed by atoms with Crippen molar-refractivity contribution in [2.45, 2.75) is 32.4 Å². The van der Waals surface area contributed by atoms with Gasteiger partial charge < -0.3 is 19.5 Å². The lowest BCUT2D eigenvalue weighted by atomic mass is 10.1. The van der Waals surface area contributed by atoms with Crippen LogP contribution in [0.1, 0.15) is 18.1 Å². The highest BCUT2D eigenvalue weighted by Gasteiger charge is 2.52. The summed E-state index contributed by atoms with van der Waals surface area (Å²) >= 11 is 0. The molecule has 9 heteroatoms. The number of carbonyl (C=O) groups excluding carboxylic acids is 4. The van der Waals surface area contributed by atoms with E-state index in [9.17, 15) is 19.2 Å².